The molecule has 154 valence electrons. The van der Waals surface area contributed by atoms with E-state index in [0.717, 1.165) is 36.7 Å². The quantitative estimate of drug-likeness (QED) is 0.749. The Morgan fingerprint density at radius 3 is 2.45 bits per heavy atom. The van der Waals surface area contributed by atoms with Gasteiger partial charge in [0.15, 0.2) is 5.76 Å². The van der Waals surface area contributed by atoms with E-state index in [1.807, 2.05) is 30.3 Å². The van der Waals surface area contributed by atoms with Gasteiger partial charge in [-0.2, -0.15) is 0 Å². The number of piperazine rings is 1. The van der Waals surface area contributed by atoms with E-state index in [0.29, 0.717) is 25.4 Å². The monoisotopic (exact) mass is 397 g/mol. The first kappa shape index (κ1) is 19.5. The second kappa shape index (κ2) is 8.69. The number of hydrogen-bond donors (Lipinski definition) is 0. The van der Waals surface area contributed by atoms with Gasteiger partial charge >= 0.3 is 0 Å². The molecule has 0 spiro atoms. The van der Waals surface area contributed by atoms with Crippen LogP contribution in [0.25, 0.3) is 0 Å². The van der Waals surface area contributed by atoms with Gasteiger partial charge in [0, 0.05) is 19.6 Å². The zero-order valence-corrected chi connectivity index (χ0v) is 16.8. The molecule has 0 atom stereocenters. The maximum Gasteiger partial charge on any atom is 0.290 e. The van der Waals surface area contributed by atoms with E-state index in [9.17, 15) is 9.59 Å². The number of nitrogens with zero attached hydrogens (tertiary/aromatic N) is 3. The van der Waals surface area contributed by atoms with Crippen molar-refractivity contribution in [3.63, 3.8) is 0 Å². The summed E-state index contributed by atoms with van der Waals surface area (Å²) in [5.41, 5.74) is 1.04. The molecule has 0 aliphatic carbocycles. The first-order valence-corrected chi connectivity index (χ1v) is 10.1. The number of carbonyl (C=O) groups is 2. The highest BCUT2D eigenvalue weighted by Gasteiger charge is 2.29. The number of methoxy groups -OCH3 is 1. The van der Waals surface area contributed by atoms with E-state index in [1.54, 1.807) is 23.0 Å². The first-order chi connectivity index (χ1) is 14.1. The van der Waals surface area contributed by atoms with Crippen LogP contribution in [0, 0.1) is 0 Å². The van der Waals surface area contributed by atoms with Crippen molar-refractivity contribution in [2.24, 2.45) is 0 Å². The average molecular weight is 397 g/mol. The van der Waals surface area contributed by atoms with Crippen LogP contribution >= 0.6 is 0 Å². The maximum atomic E-state index is 12.8. The fraction of sp³-hybridized carbons (Fsp3) is 0.455. The second-order valence-corrected chi connectivity index (χ2v) is 7.64. The van der Waals surface area contributed by atoms with Crippen LogP contribution in [0.3, 0.4) is 0 Å². The molecule has 0 radical (unpaired) electrons. The zero-order chi connectivity index (χ0) is 20.2. The van der Waals surface area contributed by atoms with E-state index in [-0.39, 0.29) is 18.4 Å². The van der Waals surface area contributed by atoms with Crippen LogP contribution in [-0.2, 0) is 17.9 Å². The fourth-order valence-corrected chi connectivity index (χ4v) is 3.90. The molecular formula is C22H27N3O4. The summed E-state index contributed by atoms with van der Waals surface area (Å²) in [7, 11) is 1.63. The molecule has 2 aromatic rings. The molecule has 0 bridgehead atoms. The number of hydrogen-bond acceptors (Lipinski definition) is 5. The minimum Gasteiger partial charge on any atom is -0.497 e. The SMILES string of the molecule is COc1ccc(CN2CCN(C(=O)c3ccc(CN4CCCC4)o3)CC2=O)cc1. The third-order valence-corrected chi connectivity index (χ3v) is 5.59. The van der Waals surface area contributed by atoms with Crippen molar-refractivity contribution in [3.8, 4) is 5.75 Å². The average Bonchev–Trinajstić information content (AvgIpc) is 3.42. The summed E-state index contributed by atoms with van der Waals surface area (Å²) in [6.07, 6.45) is 2.44. The normalized spacial score (nSPS) is 17.8. The van der Waals surface area contributed by atoms with Crippen LogP contribution < -0.4 is 4.74 Å². The van der Waals surface area contributed by atoms with E-state index in [4.69, 9.17) is 9.15 Å². The molecule has 0 N–H and O–H groups in total. The maximum absolute atomic E-state index is 12.8. The van der Waals surface area contributed by atoms with Gasteiger partial charge in [0.05, 0.1) is 13.7 Å². The molecule has 2 aliphatic rings. The Morgan fingerprint density at radius 2 is 1.76 bits per heavy atom. The van der Waals surface area contributed by atoms with Gasteiger partial charge < -0.3 is 19.0 Å². The summed E-state index contributed by atoms with van der Waals surface area (Å²) >= 11 is 0. The summed E-state index contributed by atoms with van der Waals surface area (Å²) in [4.78, 5) is 31.0. The summed E-state index contributed by atoms with van der Waals surface area (Å²) < 4.78 is 10.9. The molecule has 7 nitrogen and oxygen atoms in total. The Balaban J connectivity index is 1.32. The van der Waals surface area contributed by atoms with Crippen LogP contribution in [0.15, 0.2) is 40.8 Å². The fourth-order valence-electron chi connectivity index (χ4n) is 3.90. The molecule has 7 heteroatoms. The summed E-state index contributed by atoms with van der Waals surface area (Å²) in [6.45, 7) is 4.52. The van der Waals surface area contributed by atoms with Gasteiger partial charge in [0.1, 0.15) is 18.1 Å². The summed E-state index contributed by atoms with van der Waals surface area (Å²) in [6, 6.07) is 11.3. The second-order valence-electron chi connectivity index (χ2n) is 7.64. The van der Waals surface area contributed by atoms with E-state index >= 15 is 0 Å². The predicted molar refractivity (Wildman–Crippen MR) is 108 cm³/mol. The number of ether oxygens (including phenoxy) is 1. The largest absolute Gasteiger partial charge is 0.497 e. The molecule has 0 saturated carbocycles. The number of carbonyl (C=O) groups excluding carboxylic acids is 2. The minimum atomic E-state index is -0.213. The molecule has 3 heterocycles. The molecule has 4 rings (SSSR count). The van der Waals surface area contributed by atoms with Crippen LogP contribution in [0.5, 0.6) is 5.75 Å². The summed E-state index contributed by atoms with van der Waals surface area (Å²) in [5, 5.41) is 0. The highest BCUT2D eigenvalue weighted by Crippen LogP contribution is 2.18. The van der Waals surface area contributed by atoms with Crippen LogP contribution in [0.2, 0.25) is 0 Å². The minimum absolute atomic E-state index is 0.0516. The van der Waals surface area contributed by atoms with Crippen molar-refractivity contribution < 1.29 is 18.7 Å². The highest BCUT2D eigenvalue weighted by molar-refractivity contribution is 5.95. The van der Waals surface area contributed by atoms with E-state index in [1.165, 1.54) is 12.8 Å². The lowest BCUT2D eigenvalue weighted by molar-refractivity contribution is -0.135. The van der Waals surface area contributed by atoms with Gasteiger partial charge in [0.25, 0.3) is 5.91 Å². The molecule has 2 saturated heterocycles. The standard InChI is InChI=1S/C22H27N3O4/c1-28-18-6-4-17(5-7-18)14-24-12-13-25(16-21(24)26)22(27)20-9-8-19(29-20)15-23-10-2-3-11-23/h4-9H,2-3,10-16H2,1H3. The molecule has 0 unspecified atom stereocenters. The van der Waals surface area contributed by atoms with Crippen molar-refractivity contribution in [2.75, 3.05) is 39.8 Å². The summed E-state index contributed by atoms with van der Waals surface area (Å²) in [5.74, 6) is 1.65. The number of rotatable bonds is 6. The van der Waals surface area contributed by atoms with Crippen LogP contribution in [0.1, 0.15) is 34.7 Å². The molecular weight excluding hydrogens is 370 g/mol. The van der Waals surface area contributed by atoms with Gasteiger partial charge in [0.2, 0.25) is 5.91 Å². The smallest absolute Gasteiger partial charge is 0.290 e. The molecule has 2 fully saturated rings. The highest BCUT2D eigenvalue weighted by atomic mass is 16.5. The Morgan fingerprint density at radius 1 is 1.00 bits per heavy atom. The number of benzene rings is 1. The number of amides is 2. The molecule has 2 amide bonds. The molecule has 1 aromatic carbocycles. The van der Waals surface area contributed by atoms with Crippen molar-refractivity contribution in [1.29, 1.82) is 0 Å². The number of likely N-dealkylation sites (tertiary alicyclic amines) is 1. The lowest BCUT2D eigenvalue weighted by atomic mass is 10.2. The third kappa shape index (κ3) is 4.62. The lowest BCUT2D eigenvalue weighted by Crippen LogP contribution is -2.51. The van der Waals surface area contributed by atoms with Gasteiger partial charge in [-0.15, -0.1) is 0 Å². The Hall–Kier alpha value is -2.80. The Labute approximate surface area is 170 Å². The van der Waals surface area contributed by atoms with E-state index < -0.39 is 0 Å². The lowest BCUT2D eigenvalue weighted by Gasteiger charge is -2.34. The Bertz CT molecular complexity index is 855. The molecule has 29 heavy (non-hydrogen) atoms. The molecule has 2 aliphatic heterocycles. The van der Waals surface area contributed by atoms with Crippen molar-refractivity contribution in [2.45, 2.75) is 25.9 Å². The first-order valence-electron chi connectivity index (χ1n) is 10.1. The molecule has 1 aromatic heterocycles. The van der Waals surface area contributed by atoms with Crippen LogP contribution in [-0.4, -0.2) is 66.3 Å². The predicted octanol–water partition coefficient (Wildman–Crippen LogP) is 2.37. The van der Waals surface area contributed by atoms with Crippen molar-refractivity contribution in [3.05, 3.63) is 53.5 Å². The van der Waals surface area contributed by atoms with E-state index in [2.05, 4.69) is 4.90 Å². The van der Waals surface area contributed by atoms with Gasteiger partial charge in [-0.05, 0) is 55.8 Å². The zero-order valence-electron chi connectivity index (χ0n) is 16.8. The topological polar surface area (TPSA) is 66.2 Å². The number of furan rings is 1. The van der Waals surface area contributed by atoms with Gasteiger partial charge in [-0.25, -0.2) is 0 Å². The Kier molecular flexibility index (Phi) is 5.85. The van der Waals surface area contributed by atoms with Crippen LogP contribution in [0.4, 0.5) is 0 Å². The van der Waals surface area contributed by atoms with Gasteiger partial charge in [-0.1, -0.05) is 12.1 Å². The van der Waals surface area contributed by atoms with Gasteiger partial charge in [-0.3, -0.25) is 14.5 Å². The van der Waals surface area contributed by atoms with Crippen molar-refractivity contribution in [1.82, 2.24) is 14.7 Å². The van der Waals surface area contributed by atoms with Crippen molar-refractivity contribution >= 4 is 11.8 Å². The third-order valence-electron chi connectivity index (χ3n) is 5.59.